The molecule has 0 aromatic heterocycles. The number of aliphatic hydroxyl groups excluding tert-OH is 8. The SMILES string of the molecule is CC(=O)N[C@H]1[C@@H](O[C@H]2[C@H](O)[C@@H](NC(C)=O)C(O)O[C@@H]2CO)O[C@H](CO)[C@@H](O[C@H]2O[C@H](CO)[C@@H](O)[C@H](O)[C@H]2NC(C)=O)[C@@H]1O. The summed E-state index contributed by atoms with van der Waals surface area (Å²) in [6.07, 6.45) is -19.0. The van der Waals surface area contributed by atoms with E-state index in [1.165, 1.54) is 0 Å². The van der Waals surface area contributed by atoms with Gasteiger partial charge in [-0.1, -0.05) is 0 Å². The first-order valence-corrected chi connectivity index (χ1v) is 13.5. The lowest BCUT2D eigenvalue weighted by Crippen LogP contribution is -2.71. The second-order valence-electron chi connectivity index (χ2n) is 10.5. The van der Waals surface area contributed by atoms with Gasteiger partial charge in [0.1, 0.15) is 73.1 Å². The van der Waals surface area contributed by atoms with Crippen LogP contribution in [-0.2, 0) is 38.1 Å². The van der Waals surface area contributed by atoms with Crippen molar-refractivity contribution in [1.82, 2.24) is 16.0 Å². The Labute approximate surface area is 245 Å². The lowest BCUT2D eigenvalue weighted by molar-refractivity contribution is -0.351. The van der Waals surface area contributed by atoms with Crippen LogP contribution in [0.1, 0.15) is 20.8 Å². The smallest absolute Gasteiger partial charge is 0.217 e. The van der Waals surface area contributed by atoms with Crippen LogP contribution in [0.2, 0.25) is 0 Å². The van der Waals surface area contributed by atoms with E-state index in [2.05, 4.69) is 16.0 Å². The highest BCUT2D eigenvalue weighted by molar-refractivity contribution is 5.74. The maximum absolute atomic E-state index is 12.1. The van der Waals surface area contributed by atoms with Crippen LogP contribution in [0.5, 0.6) is 0 Å². The van der Waals surface area contributed by atoms with Gasteiger partial charge >= 0.3 is 0 Å². The second-order valence-corrected chi connectivity index (χ2v) is 10.5. The maximum Gasteiger partial charge on any atom is 0.217 e. The normalized spacial score (nSPS) is 43.5. The molecule has 11 N–H and O–H groups in total. The molecule has 0 spiro atoms. The number of rotatable bonds is 10. The van der Waals surface area contributed by atoms with E-state index < -0.39 is 129 Å². The quantitative estimate of drug-likeness (QED) is 0.107. The van der Waals surface area contributed by atoms with Gasteiger partial charge in [0.15, 0.2) is 18.9 Å². The van der Waals surface area contributed by atoms with E-state index in [0.717, 1.165) is 20.8 Å². The van der Waals surface area contributed by atoms with Crippen LogP contribution in [0.15, 0.2) is 0 Å². The second kappa shape index (κ2) is 15.3. The summed E-state index contributed by atoms with van der Waals surface area (Å²) in [5.74, 6) is -1.96. The molecule has 3 fully saturated rings. The first-order valence-electron chi connectivity index (χ1n) is 13.5. The summed E-state index contributed by atoms with van der Waals surface area (Å²) in [5, 5.41) is 90.0. The molecule has 19 heteroatoms. The zero-order valence-electron chi connectivity index (χ0n) is 23.6. The Morgan fingerprint density at radius 2 is 0.930 bits per heavy atom. The van der Waals surface area contributed by atoms with E-state index in [1.807, 2.05) is 0 Å². The van der Waals surface area contributed by atoms with Crippen LogP contribution in [-0.4, -0.2) is 170 Å². The molecule has 43 heavy (non-hydrogen) atoms. The number of nitrogens with one attached hydrogen (secondary N) is 3. The average Bonchev–Trinajstić information content (AvgIpc) is 2.94. The van der Waals surface area contributed by atoms with Crippen molar-refractivity contribution < 1.29 is 78.9 Å². The Balaban J connectivity index is 1.89. The molecule has 0 bridgehead atoms. The van der Waals surface area contributed by atoms with E-state index in [0.29, 0.717) is 0 Å². The standard InChI is InChI=1S/C24H41N3O16/c1-7(31)25-13-18(36)20(11(5-29)39-22(13)38)42-24-15(27-9(3)33)19(37)21(12(6-30)41-24)43-23-14(26-8(2)32)17(35)16(34)10(4-28)40-23/h10-24,28-30,34-38H,4-6H2,1-3H3,(H,25,31)(H,26,32)(H,27,33)/t10-,11-,12-,13-,14-,15-,16-,17-,18-,19-,20-,21-,22?,23-,24-/m1/s1. The third kappa shape index (κ3) is 8.14. The molecule has 1 unspecified atom stereocenters. The molecule has 3 aliphatic rings. The Morgan fingerprint density at radius 1 is 0.558 bits per heavy atom. The van der Waals surface area contributed by atoms with Gasteiger partial charge in [-0.3, -0.25) is 14.4 Å². The minimum Gasteiger partial charge on any atom is -0.394 e. The summed E-state index contributed by atoms with van der Waals surface area (Å²) in [6, 6.07) is -4.31. The predicted molar refractivity (Wildman–Crippen MR) is 136 cm³/mol. The van der Waals surface area contributed by atoms with E-state index in [1.54, 1.807) is 0 Å². The first-order chi connectivity index (χ1) is 20.2. The van der Waals surface area contributed by atoms with Gasteiger partial charge in [0, 0.05) is 20.8 Å². The van der Waals surface area contributed by atoms with Crippen LogP contribution in [0.3, 0.4) is 0 Å². The van der Waals surface area contributed by atoms with Crippen LogP contribution in [0.25, 0.3) is 0 Å². The Bertz CT molecular complexity index is 962. The molecule has 0 radical (unpaired) electrons. The van der Waals surface area contributed by atoms with Crippen molar-refractivity contribution in [3.05, 3.63) is 0 Å². The lowest BCUT2D eigenvalue weighted by Gasteiger charge is -2.49. The molecular weight excluding hydrogens is 586 g/mol. The largest absolute Gasteiger partial charge is 0.394 e. The van der Waals surface area contributed by atoms with E-state index >= 15 is 0 Å². The number of carbonyl (C=O) groups is 3. The highest BCUT2D eigenvalue weighted by atomic mass is 16.7. The predicted octanol–water partition coefficient (Wildman–Crippen LogP) is -7.14. The van der Waals surface area contributed by atoms with Gasteiger partial charge in [0.05, 0.1) is 19.8 Å². The molecule has 0 saturated carbocycles. The molecule has 15 atom stereocenters. The van der Waals surface area contributed by atoms with Gasteiger partial charge in [-0.2, -0.15) is 0 Å². The van der Waals surface area contributed by atoms with Crippen molar-refractivity contribution in [2.24, 2.45) is 0 Å². The highest BCUT2D eigenvalue weighted by Crippen LogP contribution is 2.32. The van der Waals surface area contributed by atoms with E-state index in [9.17, 15) is 55.2 Å². The molecule has 3 rings (SSSR count). The van der Waals surface area contributed by atoms with Gasteiger partial charge < -0.3 is 80.5 Å². The van der Waals surface area contributed by atoms with Crippen molar-refractivity contribution in [2.45, 2.75) is 113 Å². The lowest BCUT2D eigenvalue weighted by atomic mass is 9.93. The van der Waals surface area contributed by atoms with Gasteiger partial charge in [-0.25, -0.2) is 0 Å². The van der Waals surface area contributed by atoms with Crippen molar-refractivity contribution in [2.75, 3.05) is 19.8 Å². The fourth-order valence-electron chi connectivity index (χ4n) is 5.28. The van der Waals surface area contributed by atoms with Crippen molar-refractivity contribution in [3.63, 3.8) is 0 Å². The van der Waals surface area contributed by atoms with Crippen LogP contribution in [0, 0.1) is 0 Å². The number of carbonyl (C=O) groups excluding carboxylic acids is 3. The Hall–Kier alpha value is -2.11. The molecule has 3 heterocycles. The number of amides is 3. The Kier molecular flexibility index (Phi) is 12.5. The summed E-state index contributed by atoms with van der Waals surface area (Å²) in [4.78, 5) is 35.5. The van der Waals surface area contributed by atoms with Crippen molar-refractivity contribution in [3.8, 4) is 0 Å². The number of aliphatic hydroxyl groups is 8. The number of hydrogen-bond donors (Lipinski definition) is 11. The molecule has 248 valence electrons. The fourth-order valence-corrected chi connectivity index (χ4v) is 5.28. The minimum atomic E-state index is -1.77. The third-order valence-corrected chi connectivity index (χ3v) is 7.30. The van der Waals surface area contributed by atoms with Crippen molar-refractivity contribution >= 4 is 17.7 Å². The first kappa shape index (κ1) is 35.4. The summed E-state index contributed by atoms with van der Waals surface area (Å²) >= 11 is 0. The summed E-state index contributed by atoms with van der Waals surface area (Å²) < 4.78 is 28.3. The average molecular weight is 628 g/mol. The van der Waals surface area contributed by atoms with Crippen LogP contribution >= 0.6 is 0 Å². The molecule has 0 aromatic rings. The highest BCUT2D eigenvalue weighted by Gasteiger charge is 2.54. The summed E-state index contributed by atoms with van der Waals surface area (Å²) in [5.41, 5.74) is 0. The zero-order chi connectivity index (χ0) is 32.2. The summed E-state index contributed by atoms with van der Waals surface area (Å²) in [6.45, 7) is 0.995. The molecule has 3 saturated heterocycles. The topological polar surface area (TPSA) is 295 Å². The maximum atomic E-state index is 12.1. The Morgan fingerprint density at radius 3 is 1.37 bits per heavy atom. The fraction of sp³-hybridized carbons (Fsp3) is 0.875. The molecule has 3 amide bonds. The molecular formula is C24H41N3O16. The van der Waals surface area contributed by atoms with Gasteiger partial charge in [0.25, 0.3) is 0 Å². The van der Waals surface area contributed by atoms with E-state index in [-0.39, 0.29) is 0 Å². The van der Waals surface area contributed by atoms with Crippen LogP contribution in [0.4, 0.5) is 0 Å². The summed E-state index contributed by atoms with van der Waals surface area (Å²) in [7, 11) is 0. The molecule has 0 aromatic carbocycles. The van der Waals surface area contributed by atoms with E-state index in [4.69, 9.17) is 23.7 Å². The third-order valence-electron chi connectivity index (χ3n) is 7.30. The van der Waals surface area contributed by atoms with Gasteiger partial charge in [-0.05, 0) is 0 Å². The number of hydrogen-bond acceptors (Lipinski definition) is 16. The molecule has 19 nitrogen and oxygen atoms in total. The molecule has 3 aliphatic heterocycles. The number of ether oxygens (including phenoxy) is 5. The van der Waals surface area contributed by atoms with Gasteiger partial charge in [0.2, 0.25) is 17.7 Å². The zero-order valence-corrected chi connectivity index (χ0v) is 23.6. The van der Waals surface area contributed by atoms with Gasteiger partial charge in [-0.15, -0.1) is 0 Å². The van der Waals surface area contributed by atoms with Crippen LogP contribution < -0.4 is 16.0 Å². The monoisotopic (exact) mass is 627 g/mol. The minimum absolute atomic E-state index is 0.628. The molecule has 0 aliphatic carbocycles. The van der Waals surface area contributed by atoms with Crippen molar-refractivity contribution in [1.29, 1.82) is 0 Å².